The van der Waals surface area contributed by atoms with Gasteiger partial charge in [-0.15, -0.1) is 0 Å². The topological polar surface area (TPSA) is 85.8 Å². The van der Waals surface area contributed by atoms with Crippen molar-refractivity contribution in [2.75, 3.05) is 51.0 Å². The van der Waals surface area contributed by atoms with Gasteiger partial charge in [0.2, 0.25) is 5.91 Å². The number of morpholine rings is 1. The fourth-order valence-corrected chi connectivity index (χ4v) is 2.75. The van der Waals surface area contributed by atoms with Gasteiger partial charge in [-0.2, -0.15) is 0 Å². The molecule has 2 aliphatic heterocycles. The second-order valence-corrected chi connectivity index (χ2v) is 5.89. The highest BCUT2D eigenvalue weighted by molar-refractivity contribution is 5.77. The monoisotopic (exact) mass is 336 g/mol. The molecular formula is C16H24N4O4. The average molecular weight is 336 g/mol. The molecule has 0 aliphatic carbocycles. The Hall–Kier alpha value is -1.77. The molecule has 1 amide bonds. The molecule has 0 radical (unpaired) electrons. The minimum atomic E-state index is -0.153. The highest BCUT2D eigenvalue weighted by atomic mass is 16.5. The van der Waals surface area contributed by atoms with Crippen molar-refractivity contribution >= 4 is 11.7 Å². The van der Waals surface area contributed by atoms with E-state index in [1.807, 2.05) is 6.07 Å². The molecule has 2 fully saturated rings. The van der Waals surface area contributed by atoms with Crippen LogP contribution in [0.25, 0.3) is 0 Å². The summed E-state index contributed by atoms with van der Waals surface area (Å²) in [5.74, 6) is 0.715. The summed E-state index contributed by atoms with van der Waals surface area (Å²) in [7, 11) is 0. The van der Waals surface area contributed by atoms with Gasteiger partial charge in [-0.25, -0.2) is 9.97 Å². The number of hydrogen-bond acceptors (Lipinski definition) is 7. The van der Waals surface area contributed by atoms with Crippen LogP contribution in [0.5, 0.6) is 0 Å². The third kappa shape index (κ3) is 5.12. The van der Waals surface area contributed by atoms with Crippen LogP contribution in [-0.2, 0) is 25.5 Å². The molecule has 132 valence electrons. The number of anilines is 1. The second-order valence-electron chi connectivity index (χ2n) is 5.89. The van der Waals surface area contributed by atoms with Crippen molar-refractivity contribution in [1.29, 1.82) is 0 Å². The first-order chi connectivity index (χ1) is 11.8. The maximum atomic E-state index is 11.8. The highest BCUT2D eigenvalue weighted by Crippen LogP contribution is 2.13. The number of rotatable bonds is 7. The van der Waals surface area contributed by atoms with Crippen LogP contribution in [0.1, 0.15) is 18.5 Å². The van der Waals surface area contributed by atoms with Crippen LogP contribution in [0, 0.1) is 0 Å². The smallest absolute Gasteiger partial charge is 0.246 e. The zero-order valence-electron chi connectivity index (χ0n) is 13.8. The summed E-state index contributed by atoms with van der Waals surface area (Å²) >= 11 is 0. The van der Waals surface area contributed by atoms with Gasteiger partial charge in [-0.05, 0) is 12.8 Å². The molecule has 0 unspecified atom stereocenters. The van der Waals surface area contributed by atoms with E-state index in [2.05, 4.69) is 20.2 Å². The van der Waals surface area contributed by atoms with Crippen LogP contribution in [0.4, 0.5) is 5.82 Å². The Balaban J connectivity index is 1.39. The molecule has 0 spiro atoms. The van der Waals surface area contributed by atoms with Gasteiger partial charge in [0.25, 0.3) is 0 Å². The number of carbonyl (C=O) groups excluding carboxylic acids is 1. The highest BCUT2D eigenvalue weighted by Gasteiger charge is 2.16. The molecule has 0 saturated carbocycles. The lowest BCUT2D eigenvalue weighted by Crippen LogP contribution is -2.37. The van der Waals surface area contributed by atoms with E-state index >= 15 is 0 Å². The SMILES string of the molecule is O=C(COC[C@H]1CCCO1)NCc1cc(N2CCOCC2)ncn1. The summed E-state index contributed by atoms with van der Waals surface area (Å²) in [4.78, 5) is 22.5. The number of nitrogens with zero attached hydrogens (tertiary/aromatic N) is 3. The van der Waals surface area contributed by atoms with Crippen LogP contribution in [0.15, 0.2) is 12.4 Å². The number of ether oxygens (including phenoxy) is 3. The van der Waals surface area contributed by atoms with E-state index in [0.717, 1.165) is 44.0 Å². The molecule has 1 aromatic rings. The number of carbonyl (C=O) groups is 1. The Kier molecular flexibility index (Phi) is 6.33. The summed E-state index contributed by atoms with van der Waals surface area (Å²) in [6, 6.07) is 1.90. The van der Waals surface area contributed by atoms with Crippen LogP contribution in [0.3, 0.4) is 0 Å². The minimum absolute atomic E-state index is 0.0429. The van der Waals surface area contributed by atoms with Crippen molar-refractivity contribution in [3.05, 3.63) is 18.1 Å². The standard InChI is InChI=1S/C16H24N4O4/c21-16(11-23-10-14-2-1-5-24-14)17-9-13-8-15(19-12-18-13)20-3-6-22-7-4-20/h8,12,14H,1-7,9-11H2,(H,17,21)/t14-/m1/s1. The Morgan fingerprint density at radius 1 is 1.33 bits per heavy atom. The predicted molar refractivity (Wildman–Crippen MR) is 86.7 cm³/mol. The van der Waals surface area contributed by atoms with Crippen LogP contribution < -0.4 is 10.2 Å². The normalized spacial score (nSPS) is 21.0. The Labute approximate surface area is 141 Å². The van der Waals surface area contributed by atoms with Crippen LogP contribution in [0.2, 0.25) is 0 Å². The third-order valence-electron chi connectivity index (χ3n) is 4.07. The van der Waals surface area contributed by atoms with Gasteiger partial charge >= 0.3 is 0 Å². The van der Waals surface area contributed by atoms with Crippen molar-refractivity contribution in [3.63, 3.8) is 0 Å². The first kappa shape index (κ1) is 17.1. The maximum absolute atomic E-state index is 11.8. The lowest BCUT2D eigenvalue weighted by atomic mass is 10.2. The molecule has 8 nitrogen and oxygen atoms in total. The molecule has 24 heavy (non-hydrogen) atoms. The van der Waals surface area contributed by atoms with Gasteiger partial charge in [0.05, 0.1) is 38.2 Å². The largest absolute Gasteiger partial charge is 0.378 e. The van der Waals surface area contributed by atoms with Crippen LogP contribution >= 0.6 is 0 Å². The fourth-order valence-electron chi connectivity index (χ4n) is 2.75. The second kappa shape index (κ2) is 8.91. The molecule has 1 aromatic heterocycles. The van der Waals surface area contributed by atoms with Gasteiger partial charge in [-0.3, -0.25) is 4.79 Å². The van der Waals surface area contributed by atoms with Gasteiger partial charge in [0.15, 0.2) is 0 Å². The quantitative estimate of drug-likeness (QED) is 0.757. The number of aromatic nitrogens is 2. The molecule has 1 atom stereocenters. The lowest BCUT2D eigenvalue weighted by molar-refractivity contribution is -0.127. The van der Waals surface area contributed by atoms with E-state index in [1.165, 1.54) is 6.33 Å². The van der Waals surface area contributed by atoms with E-state index in [0.29, 0.717) is 26.4 Å². The summed E-state index contributed by atoms with van der Waals surface area (Å²) < 4.78 is 16.2. The van der Waals surface area contributed by atoms with Gasteiger partial charge < -0.3 is 24.4 Å². The van der Waals surface area contributed by atoms with E-state index < -0.39 is 0 Å². The Morgan fingerprint density at radius 3 is 3.00 bits per heavy atom. The van der Waals surface area contributed by atoms with Gasteiger partial charge in [0.1, 0.15) is 18.8 Å². The third-order valence-corrected chi connectivity index (χ3v) is 4.07. The summed E-state index contributed by atoms with van der Waals surface area (Å²) in [6.07, 6.45) is 3.74. The average Bonchev–Trinajstić information content (AvgIpc) is 3.14. The summed E-state index contributed by atoms with van der Waals surface area (Å²) in [5.41, 5.74) is 0.777. The molecular weight excluding hydrogens is 312 g/mol. The first-order valence-corrected chi connectivity index (χ1v) is 8.41. The van der Waals surface area contributed by atoms with Crippen molar-refractivity contribution in [2.45, 2.75) is 25.5 Å². The number of amides is 1. The van der Waals surface area contributed by atoms with E-state index in [4.69, 9.17) is 14.2 Å². The zero-order valence-corrected chi connectivity index (χ0v) is 13.8. The van der Waals surface area contributed by atoms with Crippen molar-refractivity contribution < 1.29 is 19.0 Å². The molecule has 0 bridgehead atoms. The minimum Gasteiger partial charge on any atom is -0.378 e. The van der Waals surface area contributed by atoms with Crippen molar-refractivity contribution in [1.82, 2.24) is 15.3 Å². The number of hydrogen-bond donors (Lipinski definition) is 1. The molecule has 1 N–H and O–H groups in total. The summed E-state index contributed by atoms with van der Waals surface area (Å²) in [5, 5.41) is 2.82. The molecule has 3 rings (SSSR count). The first-order valence-electron chi connectivity index (χ1n) is 8.41. The van der Waals surface area contributed by atoms with Crippen LogP contribution in [-0.4, -0.2) is 68.1 Å². The van der Waals surface area contributed by atoms with Crippen molar-refractivity contribution in [3.8, 4) is 0 Å². The molecule has 0 aromatic carbocycles. The van der Waals surface area contributed by atoms with E-state index in [1.54, 1.807) is 0 Å². The number of nitrogens with one attached hydrogen (secondary N) is 1. The lowest BCUT2D eigenvalue weighted by Gasteiger charge is -2.27. The van der Waals surface area contributed by atoms with E-state index in [9.17, 15) is 4.79 Å². The molecule has 3 heterocycles. The van der Waals surface area contributed by atoms with Gasteiger partial charge in [-0.1, -0.05) is 0 Å². The maximum Gasteiger partial charge on any atom is 0.246 e. The van der Waals surface area contributed by atoms with E-state index in [-0.39, 0.29) is 18.6 Å². The predicted octanol–water partition coefficient (Wildman–Crippen LogP) is 0.125. The van der Waals surface area contributed by atoms with Crippen molar-refractivity contribution in [2.24, 2.45) is 0 Å². The Bertz CT molecular complexity index is 531. The molecule has 8 heteroatoms. The molecule has 2 aliphatic rings. The molecule has 2 saturated heterocycles. The fraction of sp³-hybridized carbons (Fsp3) is 0.688. The van der Waals surface area contributed by atoms with Gasteiger partial charge in [0, 0.05) is 25.8 Å². The Morgan fingerprint density at radius 2 is 2.21 bits per heavy atom. The zero-order chi connectivity index (χ0) is 16.6. The summed E-state index contributed by atoms with van der Waals surface area (Å²) in [6.45, 7) is 4.72.